The highest BCUT2D eigenvalue weighted by atomic mass is 35.5. The van der Waals surface area contributed by atoms with Crippen LogP contribution in [0.4, 0.5) is 4.39 Å². The van der Waals surface area contributed by atoms with Crippen LogP contribution in [0.25, 0.3) is 0 Å². The molecule has 0 amide bonds. The van der Waals surface area contributed by atoms with E-state index in [0.717, 1.165) is 5.56 Å². The van der Waals surface area contributed by atoms with E-state index in [9.17, 15) is 4.39 Å². The van der Waals surface area contributed by atoms with Crippen LogP contribution in [0.5, 0.6) is 0 Å². The quantitative estimate of drug-likeness (QED) is 0.786. The monoisotopic (exact) mass is 203 g/mol. The topological polar surface area (TPSA) is 26.0 Å². The molecule has 3 heteroatoms. The van der Waals surface area contributed by atoms with E-state index in [0.29, 0.717) is 6.54 Å². The molecule has 0 heterocycles. The highest BCUT2D eigenvalue weighted by Crippen LogP contribution is 2.21. The number of nitrogens with two attached hydrogens (primary N) is 1. The first-order valence-corrected chi connectivity index (χ1v) is 4.02. The van der Waals surface area contributed by atoms with Gasteiger partial charge in [-0.3, -0.25) is 0 Å². The van der Waals surface area contributed by atoms with Gasteiger partial charge in [0, 0.05) is 12.0 Å². The van der Waals surface area contributed by atoms with Crippen molar-refractivity contribution in [2.24, 2.45) is 5.73 Å². The van der Waals surface area contributed by atoms with Crippen LogP contribution >= 0.6 is 12.4 Å². The van der Waals surface area contributed by atoms with Crippen LogP contribution in [0.1, 0.15) is 19.4 Å². The zero-order valence-electron chi connectivity index (χ0n) is 7.88. The van der Waals surface area contributed by atoms with Gasteiger partial charge >= 0.3 is 0 Å². The van der Waals surface area contributed by atoms with Crippen LogP contribution in [0.2, 0.25) is 0 Å². The summed E-state index contributed by atoms with van der Waals surface area (Å²) in [6, 6.07) is 6.49. The highest BCUT2D eigenvalue weighted by molar-refractivity contribution is 5.85. The smallest absolute Gasteiger partial charge is 0.123 e. The summed E-state index contributed by atoms with van der Waals surface area (Å²) in [5.74, 6) is -0.202. The Morgan fingerprint density at radius 2 is 1.69 bits per heavy atom. The van der Waals surface area contributed by atoms with Crippen molar-refractivity contribution in [1.29, 1.82) is 0 Å². The van der Waals surface area contributed by atoms with Crippen molar-refractivity contribution in [3.05, 3.63) is 35.6 Å². The van der Waals surface area contributed by atoms with Crippen molar-refractivity contribution in [3.63, 3.8) is 0 Å². The van der Waals surface area contributed by atoms with Gasteiger partial charge in [-0.2, -0.15) is 0 Å². The molecule has 0 spiro atoms. The molecule has 0 fully saturated rings. The van der Waals surface area contributed by atoms with E-state index in [1.807, 2.05) is 13.8 Å². The Balaban J connectivity index is 0.00000144. The Morgan fingerprint density at radius 1 is 1.23 bits per heavy atom. The fraction of sp³-hybridized carbons (Fsp3) is 0.400. The molecular weight excluding hydrogens is 189 g/mol. The molecule has 74 valence electrons. The molecule has 13 heavy (non-hydrogen) atoms. The molecule has 0 aromatic heterocycles. The van der Waals surface area contributed by atoms with Gasteiger partial charge in [-0.25, -0.2) is 4.39 Å². The first kappa shape index (κ1) is 12.4. The molecule has 1 nitrogen and oxygen atoms in total. The maximum absolute atomic E-state index is 12.5. The Bertz CT molecular complexity index is 256. The third-order valence-corrected chi connectivity index (χ3v) is 2.14. The van der Waals surface area contributed by atoms with Gasteiger partial charge < -0.3 is 5.73 Å². The van der Waals surface area contributed by atoms with Gasteiger partial charge in [0.25, 0.3) is 0 Å². The van der Waals surface area contributed by atoms with Gasteiger partial charge in [-0.15, -0.1) is 12.4 Å². The second-order valence-corrected chi connectivity index (χ2v) is 3.59. The largest absolute Gasteiger partial charge is 0.330 e. The predicted molar refractivity (Wildman–Crippen MR) is 55.7 cm³/mol. The maximum atomic E-state index is 12.5. The summed E-state index contributed by atoms with van der Waals surface area (Å²) in [6.45, 7) is 4.65. The average molecular weight is 204 g/mol. The van der Waals surface area contributed by atoms with Crippen LogP contribution in [-0.4, -0.2) is 6.54 Å². The van der Waals surface area contributed by atoms with Crippen LogP contribution in [0, 0.1) is 5.82 Å². The van der Waals surface area contributed by atoms with Crippen molar-refractivity contribution in [1.82, 2.24) is 0 Å². The molecule has 0 unspecified atom stereocenters. The normalized spacial score (nSPS) is 10.8. The lowest BCUT2D eigenvalue weighted by atomic mass is 9.85. The first-order chi connectivity index (χ1) is 5.56. The van der Waals surface area contributed by atoms with Crippen molar-refractivity contribution < 1.29 is 4.39 Å². The van der Waals surface area contributed by atoms with E-state index < -0.39 is 0 Å². The van der Waals surface area contributed by atoms with Crippen LogP contribution in [0.3, 0.4) is 0 Å². The minimum atomic E-state index is -0.202. The van der Waals surface area contributed by atoms with E-state index in [4.69, 9.17) is 5.73 Å². The molecule has 0 aliphatic heterocycles. The highest BCUT2D eigenvalue weighted by Gasteiger charge is 2.17. The van der Waals surface area contributed by atoms with Crippen molar-refractivity contribution in [2.45, 2.75) is 19.3 Å². The van der Waals surface area contributed by atoms with Crippen LogP contribution in [0.15, 0.2) is 24.3 Å². The molecule has 1 rings (SSSR count). The second kappa shape index (κ2) is 4.58. The number of hydrogen-bond donors (Lipinski definition) is 1. The van der Waals surface area contributed by atoms with Crippen molar-refractivity contribution >= 4 is 12.4 Å². The summed E-state index contributed by atoms with van der Waals surface area (Å²) in [7, 11) is 0. The zero-order valence-corrected chi connectivity index (χ0v) is 8.70. The fourth-order valence-electron chi connectivity index (χ4n) is 1.02. The van der Waals surface area contributed by atoms with Gasteiger partial charge in [-0.1, -0.05) is 26.0 Å². The summed E-state index contributed by atoms with van der Waals surface area (Å²) in [4.78, 5) is 0. The molecule has 1 aromatic carbocycles. The Labute approximate surface area is 84.5 Å². The minimum absolute atomic E-state index is 0. The summed E-state index contributed by atoms with van der Waals surface area (Å²) < 4.78 is 12.5. The molecule has 0 aliphatic carbocycles. The molecule has 0 bridgehead atoms. The number of hydrogen-bond acceptors (Lipinski definition) is 1. The number of halogens is 2. The van der Waals surface area contributed by atoms with Crippen LogP contribution in [-0.2, 0) is 5.41 Å². The van der Waals surface area contributed by atoms with Gasteiger partial charge in [0.1, 0.15) is 5.82 Å². The standard InChI is InChI=1S/C10H14FN.ClH/c1-10(2,7-12)8-3-5-9(11)6-4-8;/h3-6H,7,12H2,1-2H3;1H. The van der Waals surface area contributed by atoms with Gasteiger partial charge in [0.15, 0.2) is 0 Å². The van der Waals surface area contributed by atoms with Crippen molar-refractivity contribution in [3.8, 4) is 0 Å². The lowest BCUT2D eigenvalue weighted by Gasteiger charge is -2.22. The second-order valence-electron chi connectivity index (χ2n) is 3.59. The third kappa shape index (κ3) is 2.98. The molecule has 0 saturated heterocycles. The molecule has 0 saturated carbocycles. The number of benzene rings is 1. The average Bonchev–Trinajstić information content (AvgIpc) is 2.05. The summed E-state index contributed by atoms with van der Waals surface area (Å²) in [5, 5.41) is 0. The molecule has 0 radical (unpaired) electrons. The third-order valence-electron chi connectivity index (χ3n) is 2.14. The molecule has 1 aromatic rings. The van der Waals surface area contributed by atoms with E-state index >= 15 is 0 Å². The van der Waals surface area contributed by atoms with Gasteiger partial charge in [0.05, 0.1) is 0 Å². The summed E-state index contributed by atoms with van der Waals surface area (Å²) >= 11 is 0. The maximum Gasteiger partial charge on any atom is 0.123 e. The Hall–Kier alpha value is -0.600. The lowest BCUT2D eigenvalue weighted by molar-refractivity contribution is 0.536. The van der Waals surface area contributed by atoms with E-state index in [1.165, 1.54) is 12.1 Å². The number of rotatable bonds is 2. The predicted octanol–water partition coefficient (Wildman–Crippen LogP) is 2.48. The van der Waals surface area contributed by atoms with E-state index in [-0.39, 0.29) is 23.6 Å². The molecule has 0 atom stereocenters. The van der Waals surface area contributed by atoms with Crippen LogP contribution < -0.4 is 5.73 Å². The molecule has 0 aliphatic rings. The Kier molecular flexibility index (Phi) is 4.37. The van der Waals surface area contributed by atoms with Gasteiger partial charge in [0.2, 0.25) is 0 Å². The SMILES string of the molecule is CC(C)(CN)c1ccc(F)cc1.Cl. The fourth-order valence-corrected chi connectivity index (χ4v) is 1.02. The van der Waals surface area contributed by atoms with E-state index in [2.05, 4.69) is 0 Å². The molecular formula is C10H15ClFN. The first-order valence-electron chi connectivity index (χ1n) is 4.02. The van der Waals surface area contributed by atoms with E-state index in [1.54, 1.807) is 12.1 Å². The van der Waals surface area contributed by atoms with Gasteiger partial charge in [-0.05, 0) is 17.7 Å². The lowest BCUT2D eigenvalue weighted by Crippen LogP contribution is -2.27. The Morgan fingerprint density at radius 3 is 2.08 bits per heavy atom. The summed E-state index contributed by atoms with van der Waals surface area (Å²) in [6.07, 6.45) is 0. The minimum Gasteiger partial charge on any atom is -0.330 e. The molecule has 2 N–H and O–H groups in total. The summed E-state index contributed by atoms with van der Waals surface area (Å²) in [5.41, 5.74) is 6.60. The zero-order chi connectivity index (χ0) is 9.19. The van der Waals surface area contributed by atoms with Crippen molar-refractivity contribution in [2.75, 3.05) is 6.54 Å².